The third-order valence-electron chi connectivity index (χ3n) is 4.93. The van der Waals surface area contributed by atoms with Crippen LogP contribution in [-0.4, -0.2) is 43.2 Å². The number of hydrogen-bond acceptors (Lipinski definition) is 3. The molecule has 2 N–H and O–H groups in total. The van der Waals surface area contributed by atoms with E-state index in [1.54, 1.807) is 6.07 Å². The van der Waals surface area contributed by atoms with Crippen molar-refractivity contribution in [1.82, 2.24) is 4.90 Å². The van der Waals surface area contributed by atoms with Crippen molar-refractivity contribution in [2.45, 2.75) is 37.7 Å². The van der Waals surface area contributed by atoms with Gasteiger partial charge in [0.2, 0.25) is 5.91 Å². The Balaban J connectivity index is 1.48. The molecule has 2 unspecified atom stereocenters. The van der Waals surface area contributed by atoms with Crippen LogP contribution in [0.25, 0.3) is 0 Å². The minimum absolute atomic E-state index is 0.0679. The molecule has 1 saturated carbocycles. The molecule has 4 nitrogen and oxygen atoms in total. The van der Waals surface area contributed by atoms with Gasteiger partial charge in [-0.1, -0.05) is 29.3 Å². The summed E-state index contributed by atoms with van der Waals surface area (Å²) in [6.45, 7) is 2.94. The Morgan fingerprint density at radius 1 is 1.29 bits per heavy atom. The molecule has 1 aliphatic carbocycles. The summed E-state index contributed by atoms with van der Waals surface area (Å²) in [6, 6.07) is 5.54. The fourth-order valence-corrected chi connectivity index (χ4v) is 3.97. The molecule has 3 rings (SSSR count). The molecular weight excluding hydrogens is 347 g/mol. The van der Waals surface area contributed by atoms with E-state index in [-0.39, 0.29) is 23.8 Å². The summed E-state index contributed by atoms with van der Waals surface area (Å²) >= 11 is 12.2. The van der Waals surface area contributed by atoms with E-state index in [0.717, 1.165) is 50.9 Å². The van der Waals surface area contributed by atoms with E-state index in [4.69, 9.17) is 33.7 Å². The van der Waals surface area contributed by atoms with Gasteiger partial charge in [0.1, 0.15) is 0 Å². The van der Waals surface area contributed by atoms with Crippen LogP contribution in [0.2, 0.25) is 10.0 Å². The van der Waals surface area contributed by atoms with Gasteiger partial charge < -0.3 is 15.4 Å². The van der Waals surface area contributed by atoms with Crippen LogP contribution in [0.1, 0.15) is 37.2 Å². The molecule has 1 aromatic carbocycles. The van der Waals surface area contributed by atoms with E-state index in [1.165, 1.54) is 0 Å². The first kappa shape index (κ1) is 18.0. The highest BCUT2D eigenvalue weighted by molar-refractivity contribution is 6.35. The average molecular weight is 371 g/mol. The number of likely N-dealkylation sites (tertiary alicyclic amines) is 1. The summed E-state index contributed by atoms with van der Waals surface area (Å²) in [4.78, 5) is 14.7. The van der Waals surface area contributed by atoms with Crippen molar-refractivity contribution in [2.24, 2.45) is 11.7 Å². The monoisotopic (exact) mass is 370 g/mol. The third-order valence-corrected chi connectivity index (χ3v) is 5.49. The number of amides is 1. The van der Waals surface area contributed by atoms with Gasteiger partial charge in [-0.3, -0.25) is 4.79 Å². The van der Waals surface area contributed by atoms with Crippen LogP contribution in [0, 0.1) is 5.92 Å². The van der Waals surface area contributed by atoms with Gasteiger partial charge >= 0.3 is 0 Å². The minimum Gasteiger partial charge on any atom is -0.378 e. The zero-order valence-corrected chi connectivity index (χ0v) is 15.2. The maximum Gasteiger partial charge on any atom is 0.226 e. The molecule has 1 heterocycles. The minimum atomic E-state index is 0.0679. The van der Waals surface area contributed by atoms with E-state index in [1.807, 2.05) is 17.0 Å². The molecular formula is C18H24Cl2N2O2. The van der Waals surface area contributed by atoms with Crippen molar-refractivity contribution in [2.75, 3.05) is 26.2 Å². The number of nitrogens with two attached hydrogens (primary N) is 1. The largest absolute Gasteiger partial charge is 0.378 e. The zero-order valence-electron chi connectivity index (χ0n) is 13.7. The maximum atomic E-state index is 12.7. The SMILES string of the molecule is NCCCOC1CCN(C(=O)C2CC2c2ccc(Cl)cc2Cl)CC1. The summed E-state index contributed by atoms with van der Waals surface area (Å²) in [5.74, 6) is 0.561. The molecule has 2 atom stereocenters. The molecule has 1 aromatic rings. The van der Waals surface area contributed by atoms with Crippen molar-refractivity contribution in [3.63, 3.8) is 0 Å². The number of piperidine rings is 1. The predicted molar refractivity (Wildman–Crippen MR) is 96.5 cm³/mol. The second-order valence-electron chi connectivity index (χ2n) is 6.65. The summed E-state index contributed by atoms with van der Waals surface area (Å²) in [5, 5.41) is 1.29. The number of rotatable bonds is 6. The summed E-state index contributed by atoms with van der Waals surface area (Å²) < 4.78 is 5.80. The molecule has 0 bridgehead atoms. The van der Waals surface area contributed by atoms with Crippen molar-refractivity contribution in [3.8, 4) is 0 Å². The zero-order chi connectivity index (χ0) is 17.1. The van der Waals surface area contributed by atoms with E-state index < -0.39 is 0 Å². The molecule has 1 aliphatic heterocycles. The molecule has 2 fully saturated rings. The van der Waals surface area contributed by atoms with Crippen LogP contribution >= 0.6 is 23.2 Å². The fraction of sp³-hybridized carbons (Fsp3) is 0.611. The van der Waals surface area contributed by atoms with Crippen molar-refractivity contribution in [3.05, 3.63) is 33.8 Å². The van der Waals surface area contributed by atoms with Gasteiger partial charge in [-0.15, -0.1) is 0 Å². The van der Waals surface area contributed by atoms with Gasteiger partial charge in [-0.2, -0.15) is 0 Å². The van der Waals surface area contributed by atoms with Crippen molar-refractivity contribution in [1.29, 1.82) is 0 Å². The first-order valence-corrected chi connectivity index (χ1v) is 9.41. The lowest BCUT2D eigenvalue weighted by atomic mass is 10.1. The van der Waals surface area contributed by atoms with Crippen LogP contribution in [0.15, 0.2) is 18.2 Å². The summed E-state index contributed by atoms with van der Waals surface area (Å²) in [7, 11) is 0. The second kappa shape index (κ2) is 8.05. The Bertz CT molecular complexity index is 588. The highest BCUT2D eigenvalue weighted by Crippen LogP contribution is 2.51. The van der Waals surface area contributed by atoms with Crippen LogP contribution in [0.3, 0.4) is 0 Å². The predicted octanol–water partition coefficient (Wildman–Crippen LogP) is 3.45. The smallest absolute Gasteiger partial charge is 0.226 e. The van der Waals surface area contributed by atoms with Crippen LogP contribution < -0.4 is 5.73 Å². The van der Waals surface area contributed by atoms with Crippen LogP contribution in [-0.2, 0) is 9.53 Å². The van der Waals surface area contributed by atoms with E-state index >= 15 is 0 Å². The number of halogens is 2. The molecule has 2 aliphatic rings. The van der Waals surface area contributed by atoms with Gasteiger partial charge in [0.25, 0.3) is 0 Å². The number of ether oxygens (including phenoxy) is 1. The van der Waals surface area contributed by atoms with Gasteiger partial charge in [0, 0.05) is 35.7 Å². The number of benzene rings is 1. The molecule has 0 radical (unpaired) electrons. The molecule has 0 aromatic heterocycles. The standard InChI is InChI=1S/C18H24Cl2N2O2/c19-12-2-3-14(17(20)10-12)15-11-16(15)18(23)22-7-4-13(5-8-22)24-9-1-6-21/h2-3,10,13,15-16H,1,4-9,11,21H2. The molecule has 132 valence electrons. The Hall–Kier alpha value is -0.810. The van der Waals surface area contributed by atoms with Gasteiger partial charge in [-0.25, -0.2) is 0 Å². The van der Waals surface area contributed by atoms with Crippen LogP contribution in [0.4, 0.5) is 0 Å². The quantitative estimate of drug-likeness (QED) is 0.780. The average Bonchev–Trinajstić information content (AvgIpc) is 3.35. The molecule has 6 heteroatoms. The molecule has 1 saturated heterocycles. The van der Waals surface area contributed by atoms with Crippen molar-refractivity contribution >= 4 is 29.1 Å². The third kappa shape index (κ3) is 4.23. The highest BCUT2D eigenvalue weighted by Gasteiger charge is 2.46. The van der Waals surface area contributed by atoms with Crippen molar-refractivity contribution < 1.29 is 9.53 Å². The lowest BCUT2D eigenvalue weighted by molar-refractivity contribution is -0.135. The van der Waals surface area contributed by atoms with Crippen LogP contribution in [0.5, 0.6) is 0 Å². The normalized spacial score (nSPS) is 24.2. The number of carbonyl (C=O) groups excluding carboxylic acids is 1. The van der Waals surface area contributed by atoms with E-state index in [9.17, 15) is 4.79 Å². The fourth-order valence-electron chi connectivity index (χ4n) is 3.42. The number of nitrogens with zero attached hydrogens (tertiary/aromatic N) is 1. The maximum absolute atomic E-state index is 12.7. The Morgan fingerprint density at radius 3 is 2.71 bits per heavy atom. The lowest BCUT2D eigenvalue weighted by Gasteiger charge is -2.32. The molecule has 1 amide bonds. The van der Waals surface area contributed by atoms with E-state index in [2.05, 4.69) is 0 Å². The van der Waals surface area contributed by atoms with Gasteiger partial charge in [0.15, 0.2) is 0 Å². The summed E-state index contributed by atoms with van der Waals surface area (Å²) in [6.07, 6.45) is 3.86. The Labute approximate surface area is 153 Å². The van der Waals surface area contributed by atoms with Gasteiger partial charge in [-0.05, 0) is 55.8 Å². The van der Waals surface area contributed by atoms with E-state index in [0.29, 0.717) is 16.6 Å². The second-order valence-corrected chi connectivity index (χ2v) is 7.50. The number of carbonyl (C=O) groups is 1. The summed E-state index contributed by atoms with van der Waals surface area (Å²) in [5.41, 5.74) is 6.52. The number of hydrogen-bond donors (Lipinski definition) is 1. The molecule has 0 spiro atoms. The first-order chi connectivity index (χ1) is 11.6. The lowest BCUT2D eigenvalue weighted by Crippen LogP contribution is -2.42. The Kier molecular flexibility index (Phi) is 6.03. The molecule has 24 heavy (non-hydrogen) atoms. The Morgan fingerprint density at radius 2 is 2.04 bits per heavy atom. The first-order valence-electron chi connectivity index (χ1n) is 8.65. The van der Waals surface area contributed by atoms with Gasteiger partial charge in [0.05, 0.1) is 6.10 Å². The highest BCUT2D eigenvalue weighted by atomic mass is 35.5. The topological polar surface area (TPSA) is 55.6 Å².